The zero-order chi connectivity index (χ0) is 29.5. The van der Waals surface area contributed by atoms with Crippen LogP contribution in [0.15, 0.2) is 70.4 Å². The first-order valence-electron chi connectivity index (χ1n) is 12.2. The number of nitrogens with zero attached hydrogens (tertiary/aromatic N) is 2. The number of alkyl halides is 3. The van der Waals surface area contributed by atoms with Crippen molar-refractivity contribution < 1.29 is 31.1 Å². The quantitative estimate of drug-likeness (QED) is 0.265. The molecular formula is C27H22ClF3N4O5S. The number of hydrogen-bond acceptors (Lipinski definition) is 6. The lowest BCUT2D eigenvalue weighted by atomic mass is 10.00. The topological polar surface area (TPSA) is 123 Å². The molecule has 4 aromatic rings. The Morgan fingerprint density at radius 3 is 2.59 bits per heavy atom. The maximum atomic E-state index is 13.1. The molecule has 1 fully saturated rings. The molecule has 3 aromatic carbocycles. The Balaban J connectivity index is 1.43. The second-order valence-electron chi connectivity index (χ2n) is 9.41. The zero-order valence-electron chi connectivity index (χ0n) is 21.3. The number of hydrogen-bond donors (Lipinski definition) is 2. The van der Waals surface area contributed by atoms with Crippen molar-refractivity contribution in [3.8, 4) is 22.8 Å². The molecule has 214 valence electrons. The number of ketones is 1. The van der Waals surface area contributed by atoms with Crippen molar-refractivity contribution in [1.29, 1.82) is 0 Å². The highest BCUT2D eigenvalue weighted by atomic mass is 35.5. The first-order valence-corrected chi connectivity index (χ1v) is 14.1. The van der Waals surface area contributed by atoms with E-state index in [1.807, 2.05) is 0 Å². The number of benzene rings is 3. The molecule has 14 heteroatoms. The highest BCUT2D eigenvalue weighted by Crippen LogP contribution is 2.31. The molecule has 0 unspecified atom stereocenters. The summed E-state index contributed by atoms with van der Waals surface area (Å²) in [5.74, 6) is -0.410. The van der Waals surface area contributed by atoms with Gasteiger partial charge in [0.25, 0.3) is 0 Å². The van der Waals surface area contributed by atoms with E-state index in [9.17, 15) is 31.2 Å². The van der Waals surface area contributed by atoms with E-state index in [1.165, 1.54) is 55.6 Å². The molecule has 0 amide bonds. The molecule has 1 heterocycles. The van der Waals surface area contributed by atoms with Gasteiger partial charge in [-0.25, -0.2) is 17.9 Å². The fraction of sp³-hybridized carbons (Fsp3) is 0.222. The summed E-state index contributed by atoms with van der Waals surface area (Å²) >= 11 is 6.30. The van der Waals surface area contributed by atoms with E-state index in [0.717, 1.165) is 29.7 Å². The predicted molar refractivity (Wildman–Crippen MR) is 144 cm³/mol. The summed E-state index contributed by atoms with van der Waals surface area (Å²) in [6.45, 7) is 0. The molecule has 0 saturated heterocycles. The van der Waals surface area contributed by atoms with Gasteiger partial charge in [-0.3, -0.25) is 9.78 Å². The molecule has 0 atom stereocenters. The molecule has 0 spiro atoms. The highest BCUT2D eigenvalue weighted by molar-refractivity contribution is 7.89. The summed E-state index contributed by atoms with van der Waals surface area (Å²) in [7, 11) is -2.49. The number of aromatic nitrogens is 3. The van der Waals surface area contributed by atoms with E-state index in [0.29, 0.717) is 0 Å². The Morgan fingerprint density at radius 1 is 1.15 bits per heavy atom. The fourth-order valence-electron chi connectivity index (χ4n) is 4.14. The van der Waals surface area contributed by atoms with Crippen molar-refractivity contribution in [2.45, 2.75) is 36.4 Å². The number of methoxy groups -OCH3 is 1. The van der Waals surface area contributed by atoms with Crippen LogP contribution in [0.25, 0.3) is 17.1 Å². The standard InChI is InChI=1S/C27H22ClF3N4O5S/c1-40-24-13-18(7-9-20(24)23(36)12-15-3-2-4-16(11-15)27(29,30)31)35-26(37)32-25(33-35)21-14-19(8-10-22(21)28)41(38,39)34-17-5-6-17/h2-4,7-11,13-14,17,34H,5-6,12H2,1H3,(H,32,33,37). The molecule has 41 heavy (non-hydrogen) atoms. The number of H-pyrrole nitrogens is 1. The minimum absolute atomic E-state index is 0.00661. The average Bonchev–Trinajstić information content (AvgIpc) is 3.65. The van der Waals surface area contributed by atoms with Gasteiger partial charge in [-0.15, -0.1) is 5.10 Å². The first-order chi connectivity index (χ1) is 19.4. The molecule has 1 aliphatic carbocycles. The number of nitrogens with one attached hydrogen (secondary N) is 2. The number of Topliss-reactive ketones (excluding diaryl/α,β-unsaturated/α-hetero) is 1. The molecule has 0 aliphatic heterocycles. The van der Waals surface area contributed by atoms with Crippen molar-refractivity contribution in [2.24, 2.45) is 0 Å². The van der Waals surface area contributed by atoms with Gasteiger partial charge in [0.1, 0.15) is 5.75 Å². The van der Waals surface area contributed by atoms with Gasteiger partial charge >= 0.3 is 11.9 Å². The largest absolute Gasteiger partial charge is 0.496 e. The third-order valence-corrected chi connectivity index (χ3v) is 8.22. The van der Waals surface area contributed by atoms with E-state index < -0.39 is 33.2 Å². The van der Waals surface area contributed by atoms with Crippen LogP contribution in [0.5, 0.6) is 5.75 Å². The van der Waals surface area contributed by atoms with Crippen LogP contribution in [-0.2, 0) is 22.6 Å². The van der Waals surface area contributed by atoms with Gasteiger partial charge in [-0.2, -0.15) is 17.9 Å². The summed E-state index contributed by atoms with van der Waals surface area (Å²) in [6, 6.07) is 12.6. The van der Waals surface area contributed by atoms with Crippen LogP contribution < -0.4 is 15.1 Å². The number of carbonyl (C=O) groups excluding carboxylic acids is 1. The normalized spacial score (nSPS) is 13.8. The Bertz CT molecular complexity index is 1810. The van der Waals surface area contributed by atoms with Crippen molar-refractivity contribution in [3.05, 3.63) is 92.9 Å². The summed E-state index contributed by atoms with van der Waals surface area (Å²) in [5, 5.41) is 4.42. The lowest BCUT2D eigenvalue weighted by Crippen LogP contribution is -2.25. The van der Waals surface area contributed by atoms with E-state index in [1.54, 1.807) is 0 Å². The molecule has 1 aliphatic rings. The smallest absolute Gasteiger partial charge is 0.416 e. The van der Waals surface area contributed by atoms with Crippen LogP contribution in [0.2, 0.25) is 5.02 Å². The Labute approximate surface area is 237 Å². The number of sulfonamides is 1. The van der Waals surface area contributed by atoms with Crippen LogP contribution >= 0.6 is 11.6 Å². The third-order valence-electron chi connectivity index (χ3n) is 6.37. The molecule has 0 radical (unpaired) electrons. The van der Waals surface area contributed by atoms with Crippen LogP contribution in [-0.4, -0.2) is 42.1 Å². The van der Waals surface area contributed by atoms with Gasteiger partial charge in [0.15, 0.2) is 11.6 Å². The second kappa shape index (κ2) is 10.8. The van der Waals surface area contributed by atoms with E-state index >= 15 is 0 Å². The molecule has 9 nitrogen and oxygen atoms in total. The Kier molecular flexibility index (Phi) is 7.53. The third kappa shape index (κ3) is 6.21. The molecule has 2 N–H and O–H groups in total. The SMILES string of the molecule is COc1cc(-n2nc(-c3cc(S(=O)(=O)NC4CC4)ccc3Cl)[nH]c2=O)ccc1C(=O)Cc1cccc(C(F)(F)F)c1. The number of carbonyl (C=O) groups is 1. The number of halogens is 4. The Morgan fingerprint density at radius 2 is 1.90 bits per heavy atom. The van der Waals surface area contributed by atoms with Gasteiger partial charge in [0, 0.05) is 24.1 Å². The van der Waals surface area contributed by atoms with Gasteiger partial charge in [0.05, 0.1) is 33.8 Å². The van der Waals surface area contributed by atoms with Crippen LogP contribution in [0.3, 0.4) is 0 Å². The predicted octanol–water partition coefficient (Wildman–Crippen LogP) is 4.77. The van der Waals surface area contributed by atoms with Gasteiger partial charge in [0.2, 0.25) is 10.0 Å². The highest BCUT2D eigenvalue weighted by Gasteiger charge is 2.31. The van der Waals surface area contributed by atoms with E-state index in [-0.39, 0.29) is 56.3 Å². The zero-order valence-corrected chi connectivity index (χ0v) is 22.9. The number of ether oxygens (including phenoxy) is 1. The minimum Gasteiger partial charge on any atom is -0.496 e. The number of rotatable bonds is 9. The van der Waals surface area contributed by atoms with Gasteiger partial charge in [-0.1, -0.05) is 29.8 Å². The van der Waals surface area contributed by atoms with E-state index in [4.69, 9.17) is 16.3 Å². The minimum atomic E-state index is -4.54. The maximum Gasteiger partial charge on any atom is 0.416 e. The van der Waals surface area contributed by atoms with Crippen molar-refractivity contribution in [3.63, 3.8) is 0 Å². The van der Waals surface area contributed by atoms with Crippen molar-refractivity contribution in [1.82, 2.24) is 19.5 Å². The van der Waals surface area contributed by atoms with Crippen molar-refractivity contribution in [2.75, 3.05) is 7.11 Å². The molecule has 1 saturated carbocycles. The molecule has 1 aromatic heterocycles. The summed E-state index contributed by atoms with van der Waals surface area (Å²) in [5.41, 5.74) is -0.868. The van der Waals surface area contributed by atoms with Crippen LogP contribution in [0, 0.1) is 0 Å². The summed E-state index contributed by atoms with van der Waals surface area (Å²) in [6.07, 6.45) is -3.33. The van der Waals surface area contributed by atoms with Crippen LogP contribution in [0.4, 0.5) is 13.2 Å². The summed E-state index contributed by atoms with van der Waals surface area (Å²) < 4.78 is 73.4. The molecule has 5 rings (SSSR count). The average molecular weight is 607 g/mol. The molecule has 0 bridgehead atoms. The van der Waals surface area contributed by atoms with Crippen molar-refractivity contribution >= 4 is 27.4 Å². The number of aromatic amines is 1. The molecular weight excluding hydrogens is 585 g/mol. The lowest BCUT2D eigenvalue weighted by molar-refractivity contribution is -0.137. The van der Waals surface area contributed by atoms with Gasteiger partial charge < -0.3 is 4.74 Å². The second-order valence-corrected chi connectivity index (χ2v) is 11.5. The van der Waals surface area contributed by atoms with Crippen LogP contribution in [0.1, 0.15) is 34.3 Å². The summed E-state index contributed by atoms with van der Waals surface area (Å²) in [4.78, 5) is 28.3. The maximum absolute atomic E-state index is 13.1. The Hall–Kier alpha value is -3.94. The van der Waals surface area contributed by atoms with E-state index in [2.05, 4.69) is 14.8 Å². The lowest BCUT2D eigenvalue weighted by Gasteiger charge is -2.11. The fourth-order valence-corrected chi connectivity index (χ4v) is 5.68. The monoisotopic (exact) mass is 606 g/mol. The first kappa shape index (κ1) is 28.6. The van der Waals surface area contributed by atoms with Gasteiger partial charge in [-0.05, 0) is 54.8 Å².